The Hall–Kier alpha value is -0.540. The average molecular weight is 270 g/mol. The van der Waals surface area contributed by atoms with E-state index in [4.69, 9.17) is 4.74 Å². The van der Waals surface area contributed by atoms with Crippen molar-refractivity contribution in [3.63, 3.8) is 0 Å². The molecule has 2 rings (SSSR count). The van der Waals surface area contributed by atoms with Crippen molar-refractivity contribution in [1.29, 1.82) is 0 Å². The molecule has 0 saturated carbocycles. The molecule has 1 aromatic carbocycles. The topological polar surface area (TPSA) is 21.3 Å². The number of ether oxygens (including phenoxy) is 1. The predicted molar refractivity (Wildman–Crippen MR) is 65.3 cm³/mol. The third kappa shape index (κ3) is 2.52. The highest BCUT2D eigenvalue weighted by molar-refractivity contribution is 9.10. The fraction of sp³-hybridized carbons (Fsp3) is 0.500. The lowest BCUT2D eigenvalue weighted by molar-refractivity contribution is 0.404. The van der Waals surface area contributed by atoms with Crippen LogP contribution in [0.1, 0.15) is 30.9 Å². The Morgan fingerprint density at radius 2 is 2.27 bits per heavy atom. The molecule has 1 unspecified atom stereocenters. The molecule has 3 heteroatoms. The van der Waals surface area contributed by atoms with Crippen molar-refractivity contribution in [2.75, 3.05) is 13.7 Å². The first-order valence-electron chi connectivity index (χ1n) is 5.38. The number of hydrogen-bond donors (Lipinski definition) is 1. The van der Waals surface area contributed by atoms with Gasteiger partial charge < -0.3 is 10.1 Å². The summed E-state index contributed by atoms with van der Waals surface area (Å²) in [5.74, 6) is 0.898. The maximum atomic E-state index is 5.22. The quantitative estimate of drug-likeness (QED) is 0.890. The molecule has 82 valence electrons. The highest BCUT2D eigenvalue weighted by Gasteiger charge is 2.15. The molecule has 1 heterocycles. The van der Waals surface area contributed by atoms with E-state index in [0.29, 0.717) is 6.04 Å². The molecule has 0 aliphatic carbocycles. The summed E-state index contributed by atoms with van der Waals surface area (Å²) in [7, 11) is 1.69. The van der Waals surface area contributed by atoms with Crippen LogP contribution in [-0.2, 0) is 0 Å². The monoisotopic (exact) mass is 269 g/mol. The van der Waals surface area contributed by atoms with Crippen molar-refractivity contribution in [3.8, 4) is 5.75 Å². The average Bonchev–Trinajstić information content (AvgIpc) is 2.30. The van der Waals surface area contributed by atoms with E-state index in [-0.39, 0.29) is 0 Å². The molecule has 1 N–H and O–H groups in total. The van der Waals surface area contributed by atoms with E-state index >= 15 is 0 Å². The van der Waals surface area contributed by atoms with Crippen LogP contribution in [0.25, 0.3) is 0 Å². The number of hydrogen-bond acceptors (Lipinski definition) is 2. The normalized spacial score (nSPS) is 21.3. The van der Waals surface area contributed by atoms with Crippen molar-refractivity contribution < 1.29 is 4.74 Å². The van der Waals surface area contributed by atoms with E-state index in [0.717, 1.165) is 16.8 Å². The lowest BCUT2D eigenvalue weighted by Gasteiger charge is -2.24. The number of halogens is 1. The minimum absolute atomic E-state index is 0.515. The summed E-state index contributed by atoms with van der Waals surface area (Å²) in [4.78, 5) is 0. The molecular formula is C12H16BrNO. The number of rotatable bonds is 2. The van der Waals surface area contributed by atoms with Gasteiger partial charge in [0, 0.05) is 6.04 Å². The summed E-state index contributed by atoms with van der Waals surface area (Å²) < 4.78 is 6.26. The van der Waals surface area contributed by atoms with Gasteiger partial charge >= 0.3 is 0 Å². The van der Waals surface area contributed by atoms with Crippen LogP contribution in [0.4, 0.5) is 0 Å². The van der Waals surface area contributed by atoms with E-state index in [1.165, 1.54) is 24.8 Å². The Bertz CT molecular complexity index is 334. The lowest BCUT2D eigenvalue weighted by Crippen LogP contribution is -2.26. The van der Waals surface area contributed by atoms with Gasteiger partial charge in [-0.05, 0) is 53.0 Å². The van der Waals surface area contributed by atoms with Gasteiger partial charge in [-0.1, -0.05) is 12.5 Å². The summed E-state index contributed by atoms with van der Waals surface area (Å²) in [6.07, 6.45) is 3.86. The molecule has 1 fully saturated rings. The van der Waals surface area contributed by atoms with Crippen LogP contribution in [0.2, 0.25) is 0 Å². The Morgan fingerprint density at radius 3 is 2.87 bits per heavy atom. The second kappa shape index (κ2) is 4.99. The highest BCUT2D eigenvalue weighted by Crippen LogP contribution is 2.30. The molecule has 1 saturated heterocycles. The van der Waals surface area contributed by atoms with Gasteiger partial charge in [-0.2, -0.15) is 0 Å². The minimum Gasteiger partial charge on any atom is -0.496 e. The van der Waals surface area contributed by atoms with Crippen molar-refractivity contribution >= 4 is 15.9 Å². The maximum Gasteiger partial charge on any atom is 0.133 e. The van der Waals surface area contributed by atoms with Gasteiger partial charge in [0.1, 0.15) is 5.75 Å². The second-order valence-corrected chi connectivity index (χ2v) is 4.75. The molecule has 0 spiro atoms. The summed E-state index contributed by atoms with van der Waals surface area (Å²) >= 11 is 3.52. The van der Waals surface area contributed by atoms with Crippen molar-refractivity contribution in [3.05, 3.63) is 28.2 Å². The fourth-order valence-electron chi connectivity index (χ4n) is 2.04. The van der Waals surface area contributed by atoms with E-state index in [1.807, 2.05) is 6.07 Å². The Balaban J connectivity index is 2.17. The first-order valence-corrected chi connectivity index (χ1v) is 6.17. The van der Waals surface area contributed by atoms with Crippen molar-refractivity contribution in [1.82, 2.24) is 5.32 Å². The smallest absolute Gasteiger partial charge is 0.133 e. The molecule has 15 heavy (non-hydrogen) atoms. The second-order valence-electron chi connectivity index (χ2n) is 3.90. The molecule has 1 atom stereocenters. The van der Waals surface area contributed by atoms with E-state index in [9.17, 15) is 0 Å². The Morgan fingerprint density at radius 1 is 1.40 bits per heavy atom. The van der Waals surface area contributed by atoms with E-state index in [2.05, 4.69) is 33.4 Å². The molecule has 0 bridgehead atoms. The van der Waals surface area contributed by atoms with Crippen LogP contribution >= 0.6 is 15.9 Å². The zero-order valence-electron chi connectivity index (χ0n) is 8.92. The van der Waals surface area contributed by atoms with Gasteiger partial charge in [0.25, 0.3) is 0 Å². The van der Waals surface area contributed by atoms with E-state index in [1.54, 1.807) is 7.11 Å². The van der Waals surface area contributed by atoms with Gasteiger partial charge in [-0.15, -0.1) is 0 Å². The zero-order chi connectivity index (χ0) is 10.7. The molecule has 1 aliphatic heterocycles. The van der Waals surface area contributed by atoms with Crippen molar-refractivity contribution in [2.45, 2.75) is 25.3 Å². The molecule has 0 aromatic heterocycles. The van der Waals surface area contributed by atoms with Gasteiger partial charge in [0.2, 0.25) is 0 Å². The van der Waals surface area contributed by atoms with Crippen LogP contribution in [0.3, 0.4) is 0 Å². The van der Waals surface area contributed by atoms with Gasteiger partial charge in [-0.25, -0.2) is 0 Å². The van der Waals surface area contributed by atoms with Gasteiger partial charge in [0.15, 0.2) is 0 Å². The molecular weight excluding hydrogens is 254 g/mol. The minimum atomic E-state index is 0.515. The fourth-order valence-corrected chi connectivity index (χ4v) is 2.59. The van der Waals surface area contributed by atoms with Crippen LogP contribution in [0, 0.1) is 0 Å². The van der Waals surface area contributed by atoms with Crippen molar-refractivity contribution in [2.24, 2.45) is 0 Å². The largest absolute Gasteiger partial charge is 0.496 e. The molecule has 1 aromatic rings. The van der Waals surface area contributed by atoms with Crippen LogP contribution in [-0.4, -0.2) is 13.7 Å². The third-order valence-corrected chi connectivity index (χ3v) is 3.51. The van der Waals surface area contributed by atoms with Crippen LogP contribution in [0.5, 0.6) is 5.75 Å². The highest BCUT2D eigenvalue weighted by atomic mass is 79.9. The standard InChI is InChI=1S/C12H16BrNO/c1-15-12-6-5-9(8-10(12)13)11-4-2-3-7-14-11/h5-6,8,11,14H,2-4,7H2,1H3. The van der Waals surface area contributed by atoms with E-state index < -0.39 is 0 Å². The number of methoxy groups -OCH3 is 1. The molecule has 2 nitrogen and oxygen atoms in total. The zero-order valence-corrected chi connectivity index (χ0v) is 10.5. The first-order chi connectivity index (χ1) is 7.31. The summed E-state index contributed by atoms with van der Waals surface area (Å²) in [5.41, 5.74) is 1.35. The molecule has 0 radical (unpaired) electrons. The SMILES string of the molecule is COc1ccc(C2CCCCN2)cc1Br. The summed E-state index contributed by atoms with van der Waals surface area (Å²) in [5, 5.41) is 3.54. The maximum absolute atomic E-state index is 5.22. The molecule has 1 aliphatic rings. The summed E-state index contributed by atoms with van der Waals surface area (Å²) in [6.45, 7) is 1.13. The van der Waals surface area contributed by atoms with Gasteiger partial charge in [-0.3, -0.25) is 0 Å². The molecule has 0 amide bonds. The van der Waals surface area contributed by atoms with Crippen LogP contribution < -0.4 is 10.1 Å². The number of benzene rings is 1. The predicted octanol–water partition coefficient (Wildman–Crippen LogP) is 3.27. The Kier molecular flexibility index (Phi) is 3.65. The third-order valence-electron chi connectivity index (χ3n) is 2.89. The number of nitrogens with one attached hydrogen (secondary N) is 1. The van der Waals surface area contributed by atoms with Gasteiger partial charge in [0.05, 0.1) is 11.6 Å². The Labute approximate surface area is 99.1 Å². The van der Waals surface area contributed by atoms with Crippen LogP contribution in [0.15, 0.2) is 22.7 Å². The lowest BCUT2D eigenvalue weighted by atomic mass is 9.97. The summed E-state index contributed by atoms with van der Waals surface area (Å²) in [6, 6.07) is 6.84. The first kappa shape index (κ1) is 11.0. The number of piperidine rings is 1.